The molecule has 0 aromatic heterocycles. The number of hydrogen-bond acceptors (Lipinski definition) is 1. The third kappa shape index (κ3) is 3.72. The van der Waals surface area contributed by atoms with Crippen LogP contribution in [0, 0.1) is 5.92 Å². The minimum Gasteiger partial charge on any atom is -0.390 e. The summed E-state index contributed by atoms with van der Waals surface area (Å²) in [6, 6.07) is 5.12. The zero-order chi connectivity index (χ0) is 14.1. The zero-order valence-electron chi connectivity index (χ0n) is 11.0. The monoisotopic (exact) mass is 272 g/mol. The summed E-state index contributed by atoms with van der Waals surface area (Å²) in [4.78, 5) is 0. The molecule has 0 heterocycles. The lowest BCUT2D eigenvalue weighted by molar-refractivity contribution is -0.137. The van der Waals surface area contributed by atoms with Gasteiger partial charge in [0.25, 0.3) is 0 Å². The molecule has 1 fully saturated rings. The first kappa shape index (κ1) is 14.4. The Morgan fingerprint density at radius 1 is 1.26 bits per heavy atom. The molecule has 1 aromatic rings. The van der Waals surface area contributed by atoms with E-state index in [-0.39, 0.29) is 0 Å². The Balaban J connectivity index is 2.07. The fourth-order valence-electron chi connectivity index (χ4n) is 2.98. The van der Waals surface area contributed by atoms with Crippen LogP contribution in [0.4, 0.5) is 13.2 Å². The van der Waals surface area contributed by atoms with E-state index in [2.05, 4.69) is 6.92 Å². The standard InChI is InChI=1S/C15H19F3O/c1-11-3-2-8-14(19,9-11)10-12-4-6-13(7-5-12)15(16,17)18/h4-7,11,19H,2-3,8-10H2,1H3. The van der Waals surface area contributed by atoms with E-state index in [0.717, 1.165) is 43.4 Å². The highest BCUT2D eigenvalue weighted by molar-refractivity contribution is 5.25. The van der Waals surface area contributed by atoms with Crippen LogP contribution < -0.4 is 0 Å². The first-order valence-corrected chi connectivity index (χ1v) is 6.67. The van der Waals surface area contributed by atoms with E-state index in [1.807, 2.05) is 0 Å². The lowest BCUT2D eigenvalue weighted by atomic mass is 9.76. The molecule has 2 unspecified atom stereocenters. The average Bonchev–Trinajstić information content (AvgIpc) is 2.27. The van der Waals surface area contributed by atoms with Gasteiger partial charge in [-0.15, -0.1) is 0 Å². The second-order valence-corrected chi connectivity index (χ2v) is 5.80. The quantitative estimate of drug-likeness (QED) is 0.856. The van der Waals surface area contributed by atoms with Gasteiger partial charge >= 0.3 is 6.18 Å². The average molecular weight is 272 g/mol. The molecule has 2 rings (SSSR count). The summed E-state index contributed by atoms with van der Waals surface area (Å²) in [6.07, 6.45) is -0.287. The highest BCUT2D eigenvalue weighted by atomic mass is 19.4. The molecule has 0 aliphatic heterocycles. The minimum absolute atomic E-state index is 0.440. The second-order valence-electron chi connectivity index (χ2n) is 5.80. The van der Waals surface area contributed by atoms with E-state index in [0.29, 0.717) is 12.3 Å². The molecule has 4 heteroatoms. The highest BCUT2D eigenvalue weighted by Gasteiger charge is 2.33. The maximum Gasteiger partial charge on any atom is 0.416 e. The van der Waals surface area contributed by atoms with Crippen molar-refractivity contribution in [1.82, 2.24) is 0 Å². The number of hydrogen-bond donors (Lipinski definition) is 1. The first-order chi connectivity index (χ1) is 8.78. The van der Waals surface area contributed by atoms with Crippen molar-refractivity contribution in [1.29, 1.82) is 0 Å². The number of alkyl halides is 3. The molecular formula is C15H19F3O. The van der Waals surface area contributed by atoms with E-state index in [1.54, 1.807) is 0 Å². The van der Waals surface area contributed by atoms with Crippen LogP contribution in [0.3, 0.4) is 0 Å². The fraction of sp³-hybridized carbons (Fsp3) is 0.600. The van der Waals surface area contributed by atoms with Gasteiger partial charge in [0.1, 0.15) is 0 Å². The van der Waals surface area contributed by atoms with Crippen LogP contribution in [-0.4, -0.2) is 10.7 Å². The molecule has 2 atom stereocenters. The maximum absolute atomic E-state index is 12.5. The third-order valence-corrected chi connectivity index (χ3v) is 3.88. The number of rotatable bonds is 2. The van der Waals surface area contributed by atoms with Gasteiger partial charge in [-0.3, -0.25) is 0 Å². The van der Waals surface area contributed by atoms with Gasteiger partial charge in [0.15, 0.2) is 0 Å². The molecule has 1 nitrogen and oxygen atoms in total. The van der Waals surface area contributed by atoms with Crippen molar-refractivity contribution in [3.05, 3.63) is 35.4 Å². The largest absolute Gasteiger partial charge is 0.416 e. The predicted molar refractivity (Wildman–Crippen MR) is 67.7 cm³/mol. The molecule has 1 aliphatic carbocycles. The summed E-state index contributed by atoms with van der Waals surface area (Å²) in [5, 5.41) is 10.5. The number of halogens is 3. The molecule has 0 amide bonds. The normalized spacial score (nSPS) is 28.4. The molecule has 0 bridgehead atoms. The molecule has 1 aliphatic rings. The smallest absolute Gasteiger partial charge is 0.390 e. The first-order valence-electron chi connectivity index (χ1n) is 6.67. The minimum atomic E-state index is -4.30. The third-order valence-electron chi connectivity index (χ3n) is 3.88. The van der Waals surface area contributed by atoms with E-state index in [1.165, 1.54) is 12.1 Å². The number of benzene rings is 1. The number of aliphatic hydroxyl groups is 1. The van der Waals surface area contributed by atoms with E-state index < -0.39 is 17.3 Å². The maximum atomic E-state index is 12.5. The summed E-state index contributed by atoms with van der Waals surface area (Å²) < 4.78 is 37.4. The fourth-order valence-corrected chi connectivity index (χ4v) is 2.98. The van der Waals surface area contributed by atoms with Crippen molar-refractivity contribution < 1.29 is 18.3 Å². The van der Waals surface area contributed by atoms with Crippen LogP contribution in [-0.2, 0) is 12.6 Å². The van der Waals surface area contributed by atoms with Gasteiger partial charge in [-0.2, -0.15) is 13.2 Å². The summed E-state index contributed by atoms with van der Waals surface area (Å²) in [6.45, 7) is 2.11. The predicted octanol–water partition coefficient (Wildman–Crippen LogP) is 4.19. The Bertz CT molecular complexity index is 424. The molecule has 0 radical (unpaired) electrons. The van der Waals surface area contributed by atoms with Gasteiger partial charge in [0.05, 0.1) is 11.2 Å². The molecule has 1 N–H and O–H groups in total. The van der Waals surface area contributed by atoms with Crippen LogP contribution >= 0.6 is 0 Å². The van der Waals surface area contributed by atoms with E-state index in [4.69, 9.17) is 0 Å². The van der Waals surface area contributed by atoms with Crippen LogP contribution in [0.5, 0.6) is 0 Å². The van der Waals surface area contributed by atoms with Crippen LogP contribution in [0.2, 0.25) is 0 Å². The van der Waals surface area contributed by atoms with Crippen molar-refractivity contribution in [2.45, 2.75) is 50.8 Å². The molecule has 106 valence electrons. The van der Waals surface area contributed by atoms with Gasteiger partial charge in [-0.25, -0.2) is 0 Å². The highest BCUT2D eigenvalue weighted by Crippen LogP contribution is 2.35. The van der Waals surface area contributed by atoms with E-state index >= 15 is 0 Å². The van der Waals surface area contributed by atoms with Crippen LogP contribution in [0.15, 0.2) is 24.3 Å². The molecule has 1 aromatic carbocycles. The van der Waals surface area contributed by atoms with Crippen LogP contribution in [0.1, 0.15) is 43.7 Å². The summed E-state index contributed by atoms with van der Waals surface area (Å²) >= 11 is 0. The molecule has 0 spiro atoms. The van der Waals surface area contributed by atoms with Crippen molar-refractivity contribution >= 4 is 0 Å². The van der Waals surface area contributed by atoms with Crippen molar-refractivity contribution in [2.75, 3.05) is 0 Å². The molecule has 19 heavy (non-hydrogen) atoms. The molecule has 1 saturated carbocycles. The molecular weight excluding hydrogens is 253 g/mol. The Morgan fingerprint density at radius 2 is 1.89 bits per heavy atom. The lowest BCUT2D eigenvalue weighted by Crippen LogP contribution is -2.36. The summed E-state index contributed by atoms with van der Waals surface area (Å²) in [7, 11) is 0. The summed E-state index contributed by atoms with van der Waals surface area (Å²) in [5.41, 5.74) is -0.623. The van der Waals surface area contributed by atoms with Crippen molar-refractivity contribution in [3.63, 3.8) is 0 Å². The zero-order valence-corrected chi connectivity index (χ0v) is 11.0. The van der Waals surface area contributed by atoms with Gasteiger partial charge in [-0.1, -0.05) is 31.9 Å². The summed E-state index contributed by atoms with van der Waals surface area (Å²) in [5.74, 6) is 0.480. The Labute approximate surface area is 111 Å². The Morgan fingerprint density at radius 3 is 2.42 bits per heavy atom. The van der Waals surface area contributed by atoms with E-state index in [9.17, 15) is 18.3 Å². The molecule has 0 saturated heterocycles. The van der Waals surface area contributed by atoms with Crippen LogP contribution in [0.25, 0.3) is 0 Å². The Hall–Kier alpha value is -1.03. The lowest BCUT2D eigenvalue weighted by Gasteiger charge is -2.35. The van der Waals surface area contributed by atoms with Gasteiger partial charge in [0, 0.05) is 6.42 Å². The SMILES string of the molecule is CC1CCCC(O)(Cc2ccc(C(F)(F)F)cc2)C1. The van der Waals surface area contributed by atoms with Crippen molar-refractivity contribution in [2.24, 2.45) is 5.92 Å². The van der Waals surface area contributed by atoms with Crippen molar-refractivity contribution in [3.8, 4) is 0 Å². The second kappa shape index (κ2) is 5.16. The Kier molecular flexibility index (Phi) is 3.90. The van der Waals surface area contributed by atoms with Gasteiger partial charge < -0.3 is 5.11 Å². The topological polar surface area (TPSA) is 20.2 Å². The van der Waals surface area contributed by atoms with Gasteiger partial charge in [0.2, 0.25) is 0 Å². The van der Waals surface area contributed by atoms with Gasteiger partial charge in [-0.05, 0) is 36.5 Å².